The van der Waals surface area contributed by atoms with Crippen LogP contribution in [0.1, 0.15) is 42.8 Å². The van der Waals surface area contributed by atoms with Gasteiger partial charge in [0, 0.05) is 32.4 Å². The van der Waals surface area contributed by atoms with Gasteiger partial charge in [-0.25, -0.2) is 14.8 Å². The van der Waals surface area contributed by atoms with Crippen LogP contribution in [0, 0.1) is 18.3 Å². The summed E-state index contributed by atoms with van der Waals surface area (Å²) in [4.78, 5) is 25.9. The number of nitrogens with two attached hydrogens (primary N) is 1. The lowest BCUT2D eigenvalue weighted by atomic mass is 10.0. The maximum absolute atomic E-state index is 11.2. The number of pyridine rings is 1. The van der Waals surface area contributed by atoms with E-state index in [9.17, 15) is 15.2 Å². The van der Waals surface area contributed by atoms with E-state index in [1.54, 1.807) is 6.92 Å². The van der Waals surface area contributed by atoms with Gasteiger partial charge in [0.1, 0.15) is 17.5 Å². The van der Waals surface area contributed by atoms with Gasteiger partial charge in [0.05, 0.1) is 34.2 Å². The molecule has 0 aromatic carbocycles. The number of nitrogen functional groups attached to an aromatic ring is 1. The number of hydrogen-bond acceptors (Lipinski definition) is 8. The number of nitrogens with one attached hydrogen (secondary N) is 2. The smallest absolute Gasteiger partial charge is 0.407 e. The Morgan fingerprint density at radius 1 is 1.33 bits per heavy atom. The molecule has 1 atom stereocenters. The van der Waals surface area contributed by atoms with Gasteiger partial charge in [-0.15, -0.1) is 0 Å². The maximum atomic E-state index is 11.2. The van der Waals surface area contributed by atoms with Gasteiger partial charge in [0.25, 0.3) is 0 Å². The summed E-state index contributed by atoms with van der Waals surface area (Å²) in [6.07, 6.45) is 2.49. The van der Waals surface area contributed by atoms with E-state index >= 15 is 0 Å². The summed E-state index contributed by atoms with van der Waals surface area (Å²) in [6.45, 7) is 4.64. The van der Waals surface area contributed by atoms with E-state index in [0.29, 0.717) is 43.0 Å². The van der Waals surface area contributed by atoms with Crippen LogP contribution >= 0.6 is 0 Å². The van der Waals surface area contributed by atoms with Crippen molar-refractivity contribution in [2.45, 2.75) is 38.8 Å². The van der Waals surface area contributed by atoms with Gasteiger partial charge in [0.2, 0.25) is 5.95 Å². The Kier molecular flexibility index (Phi) is 5.91. The molecule has 5 N–H and O–H groups in total. The first kappa shape index (κ1) is 22.1. The molecule has 1 saturated heterocycles. The summed E-state index contributed by atoms with van der Waals surface area (Å²) in [5.74, 6) is 0.460. The van der Waals surface area contributed by atoms with E-state index < -0.39 is 6.09 Å². The molecule has 0 radical (unpaired) electrons. The molecule has 172 valence electrons. The number of fused-ring (bicyclic) bond motifs is 1. The number of carboxylic acid groups (broad SMARTS) is 1. The van der Waals surface area contributed by atoms with Gasteiger partial charge in [-0.05, 0) is 38.8 Å². The molecule has 1 fully saturated rings. The van der Waals surface area contributed by atoms with Crippen LogP contribution in [0.25, 0.3) is 11.0 Å². The first-order valence-corrected chi connectivity index (χ1v) is 10.8. The minimum absolute atomic E-state index is 0.0937. The Labute approximate surface area is 191 Å². The number of amides is 1. The number of aryl methyl sites for hydroxylation is 2. The Hall–Kier alpha value is -4.07. The first-order valence-electron chi connectivity index (χ1n) is 10.8. The van der Waals surface area contributed by atoms with Crippen molar-refractivity contribution in [1.29, 1.82) is 5.26 Å². The van der Waals surface area contributed by atoms with Gasteiger partial charge in [-0.3, -0.25) is 0 Å². The second kappa shape index (κ2) is 8.82. The molecule has 1 aliphatic rings. The number of nitriles is 1. The Balaban J connectivity index is 1.65. The minimum atomic E-state index is -0.883. The third-order valence-electron chi connectivity index (χ3n) is 6.00. The van der Waals surface area contributed by atoms with Crippen LogP contribution in [0.2, 0.25) is 0 Å². The van der Waals surface area contributed by atoms with Crippen molar-refractivity contribution in [3.05, 3.63) is 35.3 Å². The molecule has 4 heterocycles. The summed E-state index contributed by atoms with van der Waals surface area (Å²) in [7, 11) is 1.96. The highest BCUT2D eigenvalue weighted by molar-refractivity contribution is 5.81. The Morgan fingerprint density at radius 3 is 2.73 bits per heavy atom. The third kappa shape index (κ3) is 4.45. The first-order chi connectivity index (χ1) is 15.8. The number of likely N-dealkylation sites (tertiary alicyclic amines) is 1. The molecule has 0 bridgehead atoms. The molecule has 33 heavy (non-hydrogen) atoms. The molecule has 0 spiro atoms. The fourth-order valence-electron chi connectivity index (χ4n) is 4.19. The van der Waals surface area contributed by atoms with Gasteiger partial charge < -0.3 is 30.9 Å². The van der Waals surface area contributed by atoms with Gasteiger partial charge in [0.15, 0.2) is 0 Å². The average molecular weight is 450 g/mol. The van der Waals surface area contributed by atoms with E-state index in [4.69, 9.17) is 10.7 Å². The van der Waals surface area contributed by atoms with E-state index in [2.05, 4.69) is 32.7 Å². The summed E-state index contributed by atoms with van der Waals surface area (Å²) >= 11 is 0. The van der Waals surface area contributed by atoms with Crippen LogP contribution in [0.15, 0.2) is 18.3 Å². The molecular formula is C22H27N9O2. The molecule has 11 nitrogen and oxygen atoms in total. The van der Waals surface area contributed by atoms with Gasteiger partial charge >= 0.3 is 6.09 Å². The van der Waals surface area contributed by atoms with Crippen molar-refractivity contribution < 1.29 is 9.90 Å². The van der Waals surface area contributed by atoms with Crippen molar-refractivity contribution in [2.24, 2.45) is 7.05 Å². The Morgan fingerprint density at radius 2 is 2.06 bits per heavy atom. The molecule has 3 aromatic heterocycles. The van der Waals surface area contributed by atoms with Crippen LogP contribution in [-0.2, 0) is 7.05 Å². The van der Waals surface area contributed by atoms with Gasteiger partial charge in [-0.1, -0.05) is 0 Å². The summed E-state index contributed by atoms with van der Waals surface area (Å²) in [6, 6.07) is 5.98. The van der Waals surface area contributed by atoms with E-state index in [1.165, 1.54) is 4.90 Å². The summed E-state index contributed by atoms with van der Waals surface area (Å²) < 4.78 is 2.00. The predicted molar refractivity (Wildman–Crippen MR) is 125 cm³/mol. The number of hydrogen-bond donors (Lipinski definition) is 4. The van der Waals surface area contributed by atoms with E-state index in [0.717, 1.165) is 22.4 Å². The molecule has 1 unspecified atom stereocenters. The monoisotopic (exact) mass is 449 g/mol. The highest BCUT2D eigenvalue weighted by Crippen LogP contribution is 2.31. The zero-order valence-electron chi connectivity index (χ0n) is 18.8. The number of nitrogens with zero attached hydrogens (tertiary/aromatic N) is 6. The van der Waals surface area contributed by atoms with Crippen LogP contribution in [-0.4, -0.2) is 54.8 Å². The standard InChI is InChI=1S/C22H27N9O2/c1-12-15(11-23)20(29-21(24)26-12)25-13(2)19-17(10-18-16(28-19)6-7-30(18)3)27-14-4-8-31(9-5-14)22(32)33/h6-7,10,13-14,27H,4-5,8-9H2,1-3H3,(H,32,33)(H3,24,25,26,29). The van der Waals surface area contributed by atoms with Crippen molar-refractivity contribution in [1.82, 2.24) is 24.4 Å². The molecule has 1 aliphatic heterocycles. The lowest BCUT2D eigenvalue weighted by Crippen LogP contribution is -2.41. The van der Waals surface area contributed by atoms with E-state index in [-0.39, 0.29) is 18.0 Å². The number of piperidine rings is 1. The lowest BCUT2D eigenvalue weighted by Gasteiger charge is -2.32. The maximum Gasteiger partial charge on any atom is 0.407 e. The molecular weight excluding hydrogens is 422 g/mol. The molecule has 4 rings (SSSR count). The van der Waals surface area contributed by atoms with Gasteiger partial charge in [-0.2, -0.15) is 10.2 Å². The molecule has 11 heteroatoms. The average Bonchev–Trinajstić information content (AvgIpc) is 3.13. The number of carbonyl (C=O) groups is 1. The lowest BCUT2D eigenvalue weighted by molar-refractivity contribution is 0.134. The molecule has 3 aromatic rings. The quantitative estimate of drug-likeness (QED) is 0.459. The summed E-state index contributed by atoms with van der Waals surface area (Å²) in [5, 5.41) is 25.6. The third-order valence-corrected chi connectivity index (χ3v) is 6.00. The summed E-state index contributed by atoms with van der Waals surface area (Å²) in [5.41, 5.74) is 10.1. The van der Waals surface area contributed by atoms with Crippen LogP contribution < -0.4 is 16.4 Å². The minimum Gasteiger partial charge on any atom is -0.465 e. The zero-order valence-corrected chi connectivity index (χ0v) is 18.8. The van der Waals surface area contributed by atoms with E-state index in [1.807, 2.05) is 30.8 Å². The topological polar surface area (TPSA) is 158 Å². The second-order valence-electron chi connectivity index (χ2n) is 8.31. The van der Waals surface area contributed by atoms with Crippen LogP contribution in [0.3, 0.4) is 0 Å². The molecule has 1 amide bonds. The fourth-order valence-corrected chi connectivity index (χ4v) is 4.19. The molecule has 0 aliphatic carbocycles. The largest absolute Gasteiger partial charge is 0.465 e. The normalized spacial score (nSPS) is 15.3. The van der Waals surface area contributed by atoms with Crippen molar-refractivity contribution >= 4 is 34.6 Å². The highest BCUT2D eigenvalue weighted by atomic mass is 16.4. The van der Waals surface area contributed by atoms with Crippen molar-refractivity contribution in [3.63, 3.8) is 0 Å². The second-order valence-corrected chi connectivity index (χ2v) is 8.31. The number of anilines is 3. The molecule has 0 saturated carbocycles. The van der Waals surface area contributed by atoms with Crippen molar-refractivity contribution in [2.75, 3.05) is 29.5 Å². The number of aromatic nitrogens is 4. The number of rotatable bonds is 5. The Bertz CT molecular complexity index is 1240. The van der Waals surface area contributed by atoms with Crippen molar-refractivity contribution in [3.8, 4) is 6.07 Å². The van der Waals surface area contributed by atoms with Crippen LogP contribution in [0.5, 0.6) is 0 Å². The zero-order chi connectivity index (χ0) is 23.7. The highest BCUT2D eigenvalue weighted by Gasteiger charge is 2.25. The SMILES string of the molecule is Cc1nc(N)nc(NC(C)c2nc3ccn(C)c3cc2NC2CCN(C(=O)O)CC2)c1C#N. The predicted octanol–water partition coefficient (Wildman–Crippen LogP) is 2.85. The van der Waals surface area contributed by atoms with Crippen LogP contribution in [0.4, 0.5) is 22.2 Å². The fraction of sp³-hybridized carbons (Fsp3) is 0.409.